The Hall–Kier alpha value is -1.69. The third-order valence-electron chi connectivity index (χ3n) is 4.15. The molecule has 4 nitrogen and oxygen atoms in total. The lowest BCUT2D eigenvalue weighted by Crippen LogP contribution is -2.23. The fraction of sp³-hybridized carbons (Fsp3) is 0.211. The SMILES string of the molecule is CC[C@H](C)c1nc2ccc(Br)cc2c(=O)n1N=Cc1ccc(Cl)c(Cl)c1. The zero-order valence-corrected chi connectivity index (χ0v) is 17.3. The molecule has 7 heteroatoms. The highest BCUT2D eigenvalue weighted by Crippen LogP contribution is 2.23. The highest BCUT2D eigenvalue weighted by Gasteiger charge is 2.15. The van der Waals surface area contributed by atoms with Crippen molar-refractivity contribution in [2.45, 2.75) is 26.2 Å². The minimum Gasteiger partial charge on any atom is -0.267 e. The van der Waals surface area contributed by atoms with Gasteiger partial charge in [-0.1, -0.05) is 59.0 Å². The van der Waals surface area contributed by atoms with Gasteiger partial charge in [0.15, 0.2) is 0 Å². The molecule has 0 unspecified atom stereocenters. The second-order valence-corrected chi connectivity index (χ2v) is 7.71. The Balaban J connectivity index is 2.18. The minimum atomic E-state index is -0.206. The molecule has 0 saturated carbocycles. The van der Waals surface area contributed by atoms with Crippen LogP contribution in [0.3, 0.4) is 0 Å². The van der Waals surface area contributed by atoms with E-state index in [-0.39, 0.29) is 11.5 Å². The third kappa shape index (κ3) is 3.85. The first-order valence-electron chi connectivity index (χ1n) is 8.12. The van der Waals surface area contributed by atoms with Crippen molar-refractivity contribution < 1.29 is 0 Å². The fourth-order valence-electron chi connectivity index (χ4n) is 2.50. The van der Waals surface area contributed by atoms with E-state index in [0.29, 0.717) is 26.8 Å². The van der Waals surface area contributed by atoms with Crippen LogP contribution in [0.15, 0.2) is 50.8 Å². The number of halogens is 3. The van der Waals surface area contributed by atoms with E-state index in [1.165, 1.54) is 4.68 Å². The summed E-state index contributed by atoms with van der Waals surface area (Å²) in [6, 6.07) is 10.6. The number of nitrogens with zero attached hydrogens (tertiary/aromatic N) is 3. The van der Waals surface area contributed by atoms with Gasteiger partial charge in [-0.3, -0.25) is 4.79 Å². The second-order valence-electron chi connectivity index (χ2n) is 5.98. The van der Waals surface area contributed by atoms with Crippen LogP contribution in [-0.4, -0.2) is 15.9 Å². The van der Waals surface area contributed by atoms with Gasteiger partial charge in [-0.05, 0) is 42.3 Å². The summed E-state index contributed by atoms with van der Waals surface area (Å²) in [6.45, 7) is 4.08. The van der Waals surface area contributed by atoms with E-state index in [1.807, 2.05) is 19.1 Å². The number of benzene rings is 2. The van der Waals surface area contributed by atoms with E-state index in [1.54, 1.807) is 30.5 Å². The Morgan fingerprint density at radius 1 is 1.23 bits per heavy atom. The third-order valence-corrected chi connectivity index (χ3v) is 5.38. The van der Waals surface area contributed by atoms with Gasteiger partial charge >= 0.3 is 0 Å². The standard InChI is InChI=1S/C19H16BrCl2N3O/c1-3-11(2)18-24-17-7-5-13(20)9-14(17)19(26)25(18)23-10-12-4-6-15(21)16(22)8-12/h4-11H,3H2,1-2H3/t11-/m0/s1. The quantitative estimate of drug-likeness (QED) is 0.465. The molecule has 0 saturated heterocycles. The predicted octanol–water partition coefficient (Wildman–Crippen LogP) is 5.86. The second kappa shape index (κ2) is 7.91. The van der Waals surface area contributed by atoms with Crippen LogP contribution in [-0.2, 0) is 0 Å². The smallest absolute Gasteiger partial charge is 0.267 e. The van der Waals surface area contributed by atoms with Crippen molar-refractivity contribution in [1.29, 1.82) is 0 Å². The zero-order valence-electron chi connectivity index (χ0n) is 14.2. The maximum atomic E-state index is 13.0. The average molecular weight is 453 g/mol. The van der Waals surface area contributed by atoms with Crippen LogP contribution < -0.4 is 5.56 Å². The predicted molar refractivity (Wildman–Crippen MR) is 112 cm³/mol. The van der Waals surface area contributed by atoms with Gasteiger partial charge in [0.25, 0.3) is 5.56 Å². The van der Waals surface area contributed by atoms with Crippen LogP contribution in [0.5, 0.6) is 0 Å². The maximum absolute atomic E-state index is 13.0. The summed E-state index contributed by atoms with van der Waals surface area (Å²) in [7, 11) is 0. The molecule has 0 bridgehead atoms. The van der Waals surface area contributed by atoms with Crippen LogP contribution in [0.2, 0.25) is 10.0 Å². The largest absolute Gasteiger partial charge is 0.282 e. The van der Waals surface area contributed by atoms with E-state index >= 15 is 0 Å². The summed E-state index contributed by atoms with van der Waals surface area (Å²) in [4.78, 5) is 17.7. The first kappa shape index (κ1) is 19.1. The highest BCUT2D eigenvalue weighted by molar-refractivity contribution is 9.10. The highest BCUT2D eigenvalue weighted by atomic mass is 79.9. The number of aromatic nitrogens is 2. The van der Waals surface area contributed by atoms with Gasteiger partial charge in [0.05, 0.1) is 27.2 Å². The summed E-state index contributed by atoms with van der Waals surface area (Å²) >= 11 is 15.4. The molecule has 0 spiro atoms. The van der Waals surface area contributed by atoms with Crippen molar-refractivity contribution in [1.82, 2.24) is 9.66 Å². The first-order chi connectivity index (χ1) is 12.4. The van der Waals surface area contributed by atoms with Crippen LogP contribution >= 0.6 is 39.1 Å². The molecule has 0 aliphatic heterocycles. The lowest BCUT2D eigenvalue weighted by molar-refractivity contribution is 0.613. The summed E-state index contributed by atoms with van der Waals surface area (Å²) in [5.41, 5.74) is 1.20. The molecule has 1 aromatic heterocycles. The van der Waals surface area contributed by atoms with Gasteiger partial charge in [0.2, 0.25) is 0 Å². The van der Waals surface area contributed by atoms with Gasteiger partial charge in [-0.15, -0.1) is 0 Å². The Morgan fingerprint density at radius 2 is 2.00 bits per heavy atom. The molecular formula is C19H16BrCl2N3O. The Labute approximate surface area is 169 Å². The number of hydrogen-bond donors (Lipinski definition) is 0. The molecule has 26 heavy (non-hydrogen) atoms. The topological polar surface area (TPSA) is 47.2 Å². The Bertz CT molecular complexity index is 1060. The van der Waals surface area contributed by atoms with Crippen LogP contribution in [0.1, 0.15) is 37.6 Å². The van der Waals surface area contributed by atoms with Crippen molar-refractivity contribution >= 4 is 56.2 Å². The van der Waals surface area contributed by atoms with Crippen molar-refractivity contribution in [3.63, 3.8) is 0 Å². The lowest BCUT2D eigenvalue weighted by Gasteiger charge is -2.14. The molecule has 0 fully saturated rings. The Kier molecular flexibility index (Phi) is 5.80. The summed E-state index contributed by atoms with van der Waals surface area (Å²) in [5.74, 6) is 0.713. The van der Waals surface area contributed by atoms with Crippen molar-refractivity contribution in [2.75, 3.05) is 0 Å². The molecule has 0 aliphatic carbocycles. The van der Waals surface area contributed by atoms with Crippen LogP contribution in [0, 0.1) is 0 Å². The Morgan fingerprint density at radius 3 is 2.69 bits per heavy atom. The molecule has 0 amide bonds. The molecule has 3 aromatic rings. The van der Waals surface area contributed by atoms with Gasteiger partial charge < -0.3 is 0 Å². The molecule has 1 heterocycles. The molecular weight excluding hydrogens is 437 g/mol. The maximum Gasteiger partial charge on any atom is 0.282 e. The number of rotatable bonds is 4. The van der Waals surface area contributed by atoms with Gasteiger partial charge in [-0.2, -0.15) is 9.78 Å². The summed E-state index contributed by atoms with van der Waals surface area (Å²) in [5, 5.41) is 5.81. The normalized spacial score (nSPS) is 12.8. The zero-order chi connectivity index (χ0) is 18.8. The minimum absolute atomic E-state index is 0.0849. The molecule has 2 aromatic carbocycles. The van der Waals surface area contributed by atoms with E-state index in [2.05, 4.69) is 32.9 Å². The first-order valence-corrected chi connectivity index (χ1v) is 9.67. The summed E-state index contributed by atoms with van der Waals surface area (Å²) < 4.78 is 2.19. The van der Waals surface area contributed by atoms with Gasteiger partial charge in [0, 0.05) is 10.4 Å². The number of hydrogen-bond acceptors (Lipinski definition) is 3. The average Bonchev–Trinajstić information content (AvgIpc) is 2.63. The molecule has 1 atom stereocenters. The van der Waals surface area contributed by atoms with Crippen molar-refractivity contribution in [3.8, 4) is 0 Å². The molecule has 0 aliphatic rings. The van der Waals surface area contributed by atoms with Crippen LogP contribution in [0.25, 0.3) is 10.9 Å². The monoisotopic (exact) mass is 451 g/mol. The molecule has 0 radical (unpaired) electrons. The molecule has 0 N–H and O–H groups in total. The lowest BCUT2D eigenvalue weighted by atomic mass is 10.1. The van der Waals surface area contributed by atoms with Gasteiger partial charge in [0.1, 0.15) is 5.82 Å². The fourth-order valence-corrected chi connectivity index (χ4v) is 3.16. The van der Waals surface area contributed by atoms with E-state index in [9.17, 15) is 4.79 Å². The van der Waals surface area contributed by atoms with E-state index < -0.39 is 0 Å². The summed E-state index contributed by atoms with van der Waals surface area (Å²) in [6.07, 6.45) is 2.43. The van der Waals surface area contributed by atoms with E-state index in [0.717, 1.165) is 16.5 Å². The van der Waals surface area contributed by atoms with E-state index in [4.69, 9.17) is 23.2 Å². The number of fused-ring (bicyclic) bond motifs is 1. The van der Waals surface area contributed by atoms with Crippen LogP contribution in [0.4, 0.5) is 0 Å². The van der Waals surface area contributed by atoms with Crippen molar-refractivity contribution in [2.24, 2.45) is 5.10 Å². The van der Waals surface area contributed by atoms with Gasteiger partial charge in [-0.25, -0.2) is 4.98 Å². The molecule has 3 rings (SSSR count). The van der Waals surface area contributed by atoms with Crippen molar-refractivity contribution in [3.05, 3.63) is 72.7 Å². The molecule has 134 valence electrons.